The standard InChI is InChI=1S/C13H17BrN4S/c1-3-15-12-9(2)13(18-8-17-12)16-7-6-10-4-5-11(14)19-10/h4-5,8H,3,6-7H2,1-2H3,(H2,15,16,17,18). The average Bonchev–Trinajstić information content (AvgIpc) is 2.80. The van der Waals surface area contributed by atoms with E-state index in [0.29, 0.717) is 0 Å². The number of hydrogen-bond donors (Lipinski definition) is 2. The second kappa shape index (κ2) is 6.86. The zero-order valence-corrected chi connectivity index (χ0v) is 13.4. The van der Waals surface area contributed by atoms with Crippen molar-refractivity contribution < 1.29 is 0 Å². The van der Waals surface area contributed by atoms with E-state index < -0.39 is 0 Å². The van der Waals surface area contributed by atoms with Crippen LogP contribution in [-0.2, 0) is 6.42 Å². The second-order valence-electron chi connectivity index (χ2n) is 4.11. The molecule has 2 N–H and O–H groups in total. The zero-order valence-electron chi connectivity index (χ0n) is 11.0. The van der Waals surface area contributed by atoms with Gasteiger partial charge in [0, 0.05) is 23.5 Å². The molecule has 4 nitrogen and oxygen atoms in total. The molecule has 0 aromatic carbocycles. The van der Waals surface area contributed by atoms with E-state index in [0.717, 1.165) is 36.7 Å². The lowest BCUT2D eigenvalue weighted by Crippen LogP contribution is -2.10. The lowest BCUT2D eigenvalue weighted by molar-refractivity contribution is 1.00. The van der Waals surface area contributed by atoms with Gasteiger partial charge < -0.3 is 10.6 Å². The van der Waals surface area contributed by atoms with Crippen LogP contribution in [0.1, 0.15) is 17.4 Å². The van der Waals surface area contributed by atoms with Crippen molar-refractivity contribution in [1.82, 2.24) is 9.97 Å². The fourth-order valence-corrected chi connectivity index (χ4v) is 3.25. The largest absolute Gasteiger partial charge is 0.370 e. The summed E-state index contributed by atoms with van der Waals surface area (Å²) < 4.78 is 1.18. The Balaban J connectivity index is 1.94. The molecule has 0 fully saturated rings. The van der Waals surface area contributed by atoms with Gasteiger partial charge in [-0.05, 0) is 48.3 Å². The Kier molecular flexibility index (Phi) is 5.15. The quantitative estimate of drug-likeness (QED) is 0.841. The van der Waals surface area contributed by atoms with Crippen LogP contribution >= 0.6 is 27.3 Å². The molecule has 2 aromatic rings. The highest BCUT2D eigenvalue weighted by atomic mass is 79.9. The normalized spacial score (nSPS) is 10.5. The van der Waals surface area contributed by atoms with Gasteiger partial charge in [0.1, 0.15) is 18.0 Å². The van der Waals surface area contributed by atoms with Crippen LogP contribution in [0.2, 0.25) is 0 Å². The van der Waals surface area contributed by atoms with Gasteiger partial charge in [0.15, 0.2) is 0 Å². The Morgan fingerprint density at radius 1 is 1.21 bits per heavy atom. The molecule has 0 bridgehead atoms. The molecule has 0 saturated heterocycles. The first-order valence-corrected chi connectivity index (χ1v) is 7.85. The maximum absolute atomic E-state index is 4.29. The van der Waals surface area contributed by atoms with Gasteiger partial charge >= 0.3 is 0 Å². The summed E-state index contributed by atoms with van der Waals surface area (Å²) in [5, 5.41) is 6.60. The van der Waals surface area contributed by atoms with Gasteiger partial charge in [0.2, 0.25) is 0 Å². The highest BCUT2D eigenvalue weighted by molar-refractivity contribution is 9.11. The molecule has 0 radical (unpaired) electrons. The summed E-state index contributed by atoms with van der Waals surface area (Å²) in [6.45, 7) is 5.82. The van der Waals surface area contributed by atoms with Crippen molar-refractivity contribution in [1.29, 1.82) is 0 Å². The molecule has 19 heavy (non-hydrogen) atoms. The maximum Gasteiger partial charge on any atom is 0.134 e. The number of rotatable bonds is 6. The predicted octanol–water partition coefficient (Wildman–Crippen LogP) is 3.70. The van der Waals surface area contributed by atoms with E-state index in [2.05, 4.69) is 55.6 Å². The van der Waals surface area contributed by atoms with Crippen molar-refractivity contribution in [2.45, 2.75) is 20.3 Å². The van der Waals surface area contributed by atoms with Crippen LogP contribution in [0.15, 0.2) is 22.2 Å². The summed E-state index contributed by atoms with van der Waals surface area (Å²) in [4.78, 5) is 9.88. The van der Waals surface area contributed by atoms with Gasteiger partial charge in [0.05, 0.1) is 3.79 Å². The smallest absolute Gasteiger partial charge is 0.134 e. The van der Waals surface area contributed by atoms with Crippen LogP contribution in [0.25, 0.3) is 0 Å². The third-order valence-corrected chi connectivity index (χ3v) is 4.40. The van der Waals surface area contributed by atoms with Crippen molar-refractivity contribution in [3.05, 3.63) is 32.7 Å². The minimum absolute atomic E-state index is 0.862. The first kappa shape index (κ1) is 14.3. The molecule has 2 aromatic heterocycles. The summed E-state index contributed by atoms with van der Waals surface area (Å²) in [6, 6.07) is 4.23. The first-order chi connectivity index (χ1) is 9.20. The van der Waals surface area contributed by atoms with Crippen molar-refractivity contribution in [3.8, 4) is 0 Å². The molecule has 0 aliphatic carbocycles. The number of anilines is 2. The fraction of sp³-hybridized carbons (Fsp3) is 0.385. The average molecular weight is 341 g/mol. The van der Waals surface area contributed by atoms with Crippen LogP contribution in [-0.4, -0.2) is 23.1 Å². The minimum Gasteiger partial charge on any atom is -0.370 e. The molecule has 0 spiro atoms. The molecule has 6 heteroatoms. The van der Waals surface area contributed by atoms with Gasteiger partial charge in [-0.1, -0.05) is 0 Å². The van der Waals surface area contributed by atoms with Gasteiger partial charge in [-0.25, -0.2) is 9.97 Å². The van der Waals surface area contributed by atoms with E-state index in [1.165, 1.54) is 8.66 Å². The summed E-state index contributed by atoms with van der Waals surface area (Å²) in [5.41, 5.74) is 1.07. The lowest BCUT2D eigenvalue weighted by Gasteiger charge is -2.11. The minimum atomic E-state index is 0.862. The molecule has 0 aliphatic heterocycles. The van der Waals surface area contributed by atoms with Crippen molar-refractivity contribution in [3.63, 3.8) is 0 Å². The van der Waals surface area contributed by atoms with E-state index in [1.807, 2.05) is 6.92 Å². The number of thiophene rings is 1. The zero-order chi connectivity index (χ0) is 13.7. The number of halogens is 1. The molecule has 0 aliphatic rings. The Hall–Kier alpha value is -1.14. The molecule has 0 amide bonds. The van der Waals surface area contributed by atoms with Gasteiger partial charge in [0.25, 0.3) is 0 Å². The second-order valence-corrected chi connectivity index (χ2v) is 6.66. The van der Waals surface area contributed by atoms with Gasteiger partial charge in [-0.3, -0.25) is 0 Å². The number of nitrogens with zero attached hydrogens (tertiary/aromatic N) is 2. The Bertz CT molecular complexity index is 541. The van der Waals surface area contributed by atoms with Gasteiger partial charge in [-0.2, -0.15) is 0 Å². The Morgan fingerprint density at radius 2 is 1.95 bits per heavy atom. The molecule has 0 saturated carbocycles. The van der Waals surface area contributed by atoms with Crippen molar-refractivity contribution in [2.24, 2.45) is 0 Å². The molecule has 0 unspecified atom stereocenters. The highest BCUT2D eigenvalue weighted by Gasteiger charge is 2.05. The van der Waals surface area contributed by atoms with E-state index in [9.17, 15) is 0 Å². The topological polar surface area (TPSA) is 49.8 Å². The van der Waals surface area contributed by atoms with Crippen LogP contribution in [0.5, 0.6) is 0 Å². The summed E-state index contributed by atoms with van der Waals surface area (Å²) >= 11 is 5.25. The fourth-order valence-electron chi connectivity index (χ4n) is 1.76. The highest BCUT2D eigenvalue weighted by Crippen LogP contribution is 2.23. The molecule has 2 heterocycles. The third-order valence-electron chi connectivity index (χ3n) is 2.72. The summed E-state index contributed by atoms with van der Waals surface area (Å²) in [6.07, 6.45) is 2.59. The van der Waals surface area contributed by atoms with Crippen molar-refractivity contribution >= 4 is 38.9 Å². The molecule has 102 valence electrons. The molecular formula is C13H17BrN4S. The van der Waals surface area contributed by atoms with Crippen LogP contribution in [0.4, 0.5) is 11.6 Å². The summed E-state index contributed by atoms with van der Waals surface area (Å²) in [5.74, 6) is 1.81. The van der Waals surface area contributed by atoms with Crippen molar-refractivity contribution in [2.75, 3.05) is 23.7 Å². The van der Waals surface area contributed by atoms with Crippen LogP contribution < -0.4 is 10.6 Å². The predicted molar refractivity (Wildman–Crippen MR) is 85.1 cm³/mol. The summed E-state index contributed by atoms with van der Waals surface area (Å²) in [7, 11) is 0. The number of aromatic nitrogens is 2. The van der Waals surface area contributed by atoms with E-state index in [1.54, 1.807) is 17.7 Å². The van der Waals surface area contributed by atoms with E-state index >= 15 is 0 Å². The number of hydrogen-bond acceptors (Lipinski definition) is 5. The Labute approximate surface area is 125 Å². The monoisotopic (exact) mass is 340 g/mol. The van der Waals surface area contributed by atoms with Crippen LogP contribution in [0, 0.1) is 6.92 Å². The molecular weight excluding hydrogens is 324 g/mol. The van der Waals surface area contributed by atoms with E-state index in [-0.39, 0.29) is 0 Å². The van der Waals surface area contributed by atoms with Gasteiger partial charge in [-0.15, -0.1) is 11.3 Å². The lowest BCUT2D eigenvalue weighted by atomic mass is 10.3. The van der Waals surface area contributed by atoms with E-state index in [4.69, 9.17) is 0 Å². The maximum atomic E-state index is 4.29. The SMILES string of the molecule is CCNc1ncnc(NCCc2ccc(Br)s2)c1C. The molecule has 0 atom stereocenters. The Morgan fingerprint density at radius 3 is 2.58 bits per heavy atom. The molecule has 2 rings (SSSR count). The third kappa shape index (κ3) is 3.91. The van der Waals surface area contributed by atoms with Crippen LogP contribution in [0.3, 0.4) is 0 Å². The first-order valence-electron chi connectivity index (χ1n) is 6.24. The number of nitrogens with one attached hydrogen (secondary N) is 2.